The molecule has 0 bridgehead atoms. The van der Waals surface area contributed by atoms with Crippen molar-refractivity contribution in [1.82, 2.24) is 0 Å². The minimum absolute atomic E-state index is 0.943. The van der Waals surface area contributed by atoms with Gasteiger partial charge in [-0.05, 0) is 0 Å². The van der Waals surface area contributed by atoms with Gasteiger partial charge in [0.1, 0.15) is 0 Å². The number of unbranched alkanes of at least 4 members (excludes halogenated alkanes) is 3. The fourth-order valence-electron chi connectivity index (χ4n) is 4.97. The second-order valence-electron chi connectivity index (χ2n) is 9.10. The number of thiophene rings is 1. The van der Waals surface area contributed by atoms with Crippen LogP contribution in [0.3, 0.4) is 0 Å². The van der Waals surface area contributed by atoms with Crippen LogP contribution in [0.1, 0.15) is 59.3 Å². The van der Waals surface area contributed by atoms with E-state index >= 15 is 0 Å². The molecule has 0 saturated carbocycles. The van der Waals surface area contributed by atoms with Crippen molar-refractivity contribution in [2.45, 2.75) is 72.6 Å². The second kappa shape index (κ2) is 11.1. The molecule has 170 valence electrons. The summed E-state index contributed by atoms with van der Waals surface area (Å²) in [6, 6.07) is 21.8. The first-order valence-electron chi connectivity index (χ1n) is 12.5. The van der Waals surface area contributed by atoms with Crippen LogP contribution in [0.25, 0.3) is 0 Å². The Kier molecular flexibility index (Phi) is 8.22. The molecule has 1 aliphatic rings. The molecular formula is C28H37NOSSn. The Bertz CT molecular complexity index is 947. The molecule has 4 rings (SSSR count). The van der Waals surface area contributed by atoms with Crippen molar-refractivity contribution in [2.75, 3.05) is 4.90 Å². The first-order chi connectivity index (χ1) is 15.7. The van der Waals surface area contributed by atoms with Gasteiger partial charge < -0.3 is 0 Å². The molecule has 2 nitrogen and oxygen atoms in total. The van der Waals surface area contributed by atoms with Gasteiger partial charge in [0, 0.05) is 0 Å². The minimum atomic E-state index is -2.43. The van der Waals surface area contributed by atoms with E-state index in [2.05, 4.69) is 97.7 Å². The van der Waals surface area contributed by atoms with Crippen molar-refractivity contribution in [1.29, 1.82) is 0 Å². The quantitative estimate of drug-likeness (QED) is 0.171. The fraction of sp³-hybridized carbons (Fsp3) is 0.429. The zero-order chi connectivity index (χ0) is 22.4. The number of ether oxygens (including phenoxy) is 1. The first kappa shape index (κ1) is 23.7. The van der Waals surface area contributed by atoms with E-state index in [1.165, 1.54) is 56.8 Å². The summed E-state index contributed by atoms with van der Waals surface area (Å²) in [5.41, 5.74) is 2.30. The molecule has 2 aromatic carbocycles. The predicted octanol–water partition coefficient (Wildman–Crippen LogP) is 9.38. The van der Waals surface area contributed by atoms with Crippen LogP contribution in [0.15, 0.2) is 60.7 Å². The third kappa shape index (κ3) is 4.89. The van der Waals surface area contributed by atoms with Crippen molar-refractivity contribution in [2.24, 2.45) is 0 Å². The van der Waals surface area contributed by atoms with Crippen LogP contribution in [0.4, 0.5) is 16.4 Å². The standard InChI is InChI=1S/C16H10NOS.3C4H9.Sn/c1-3-8-14-12(6-1)17(16-10-5-11-19-16)13-7-2-4-9-15(13)18-14;3*1-3-4-2;/h1-10H;3*1,3-4H2,2H3;. The molecule has 0 amide bonds. The van der Waals surface area contributed by atoms with Crippen LogP contribution in [0.5, 0.6) is 11.5 Å². The molecule has 32 heavy (non-hydrogen) atoms. The summed E-state index contributed by atoms with van der Waals surface area (Å²) in [4.78, 5) is 2.43. The van der Waals surface area contributed by atoms with E-state index in [9.17, 15) is 0 Å². The average Bonchev–Trinajstić information content (AvgIpc) is 3.32. The number of para-hydroxylation sites is 4. The SMILES string of the molecule is CCC[CH2][Sn]([CH2]CCC)([CH2]CCC)[c]1ccc(N2c3ccccc3Oc3ccccc32)s1. The summed E-state index contributed by atoms with van der Waals surface area (Å²) < 4.78 is 12.6. The van der Waals surface area contributed by atoms with Crippen LogP contribution in [0, 0.1) is 0 Å². The third-order valence-corrected chi connectivity index (χ3v) is 26.1. The van der Waals surface area contributed by atoms with Crippen LogP contribution in [-0.4, -0.2) is 18.4 Å². The zero-order valence-electron chi connectivity index (χ0n) is 19.9. The van der Waals surface area contributed by atoms with Crippen molar-refractivity contribution in [3.63, 3.8) is 0 Å². The monoisotopic (exact) mass is 555 g/mol. The van der Waals surface area contributed by atoms with E-state index in [1.54, 1.807) is 2.89 Å². The summed E-state index contributed by atoms with van der Waals surface area (Å²) in [5.74, 6) is 1.89. The molecule has 0 atom stereocenters. The summed E-state index contributed by atoms with van der Waals surface area (Å²) >= 11 is -0.341. The summed E-state index contributed by atoms with van der Waals surface area (Å²) in [6.45, 7) is 7.08. The van der Waals surface area contributed by atoms with E-state index in [0.29, 0.717) is 0 Å². The Morgan fingerprint density at radius 2 is 1.19 bits per heavy atom. The van der Waals surface area contributed by atoms with Gasteiger partial charge in [-0.2, -0.15) is 0 Å². The first-order valence-corrected chi connectivity index (χ1v) is 20.8. The van der Waals surface area contributed by atoms with Gasteiger partial charge >= 0.3 is 203 Å². The molecule has 0 spiro atoms. The summed E-state index contributed by atoms with van der Waals surface area (Å²) in [6.07, 6.45) is 8.16. The van der Waals surface area contributed by atoms with Gasteiger partial charge in [0.2, 0.25) is 0 Å². The van der Waals surface area contributed by atoms with Gasteiger partial charge in [-0.25, -0.2) is 0 Å². The molecule has 0 radical (unpaired) electrons. The van der Waals surface area contributed by atoms with Gasteiger partial charge in [0.15, 0.2) is 0 Å². The Hall–Kier alpha value is -1.46. The Morgan fingerprint density at radius 3 is 1.69 bits per heavy atom. The Morgan fingerprint density at radius 1 is 0.688 bits per heavy atom. The topological polar surface area (TPSA) is 12.5 Å². The number of fused-ring (bicyclic) bond motifs is 2. The van der Waals surface area contributed by atoms with Gasteiger partial charge in [-0.3, -0.25) is 0 Å². The van der Waals surface area contributed by atoms with Gasteiger partial charge in [-0.15, -0.1) is 0 Å². The van der Waals surface area contributed by atoms with Gasteiger partial charge in [-0.1, -0.05) is 0 Å². The predicted molar refractivity (Wildman–Crippen MR) is 144 cm³/mol. The molecule has 0 N–H and O–H groups in total. The molecule has 0 saturated heterocycles. The fourth-order valence-corrected chi connectivity index (χ4v) is 25.1. The number of hydrogen-bond donors (Lipinski definition) is 0. The number of nitrogens with zero attached hydrogens (tertiary/aromatic N) is 1. The van der Waals surface area contributed by atoms with E-state index in [0.717, 1.165) is 22.9 Å². The maximum absolute atomic E-state index is 6.24. The third-order valence-electron chi connectivity index (χ3n) is 6.79. The van der Waals surface area contributed by atoms with Crippen molar-refractivity contribution < 1.29 is 4.74 Å². The second-order valence-corrected chi connectivity index (χ2v) is 24.3. The summed E-state index contributed by atoms with van der Waals surface area (Å²) in [5, 5.41) is 1.34. The molecule has 0 unspecified atom stereocenters. The van der Waals surface area contributed by atoms with Crippen LogP contribution >= 0.6 is 11.3 Å². The molecule has 1 aromatic heterocycles. The van der Waals surface area contributed by atoms with Crippen molar-refractivity contribution >= 4 is 49.0 Å². The Labute approximate surface area is 202 Å². The molecule has 2 heterocycles. The molecule has 0 fully saturated rings. The van der Waals surface area contributed by atoms with Crippen LogP contribution < -0.4 is 12.5 Å². The number of rotatable bonds is 11. The van der Waals surface area contributed by atoms with E-state index < -0.39 is 18.4 Å². The zero-order valence-corrected chi connectivity index (χ0v) is 23.6. The van der Waals surface area contributed by atoms with Gasteiger partial charge in [0.25, 0.3) is 0 Å². The molecule has 3 aromatic rings. The van der Waals surface area contributed by atoms with E-state index in [1.807, 2.05) is 0 Å². The van der Waals surface area contributed by atoms with E-state index in [-0.39, 0.29) is 0 Å². The van der Waals surface area contributed by atoms with Crippen molar-refractivity contribution in [3.05, 3.63) is 60.7 Å². The maximum atomic E-state index is 6.24. The molecule has 4 heteroatoms. The average molecular weight is 554 g/mol. The molecule has 0 aliphatic carbocycles. The normalized spacial score (nSPS) is 12.9. The van der Waals surface area contributed by atoms with E-state index in [4.69, 9.17) is 4.74 Å². The number of anilines is 3. The molecular weight excluding hydrogens is 517 g/mol. The van der Waals surface area contributed by atoms with Gasteiger partial charge in [0.05, 0.1) is 0 Å². The number of hydrogen-bond acceptors (Lipinski definition) is 3. The number of benzene rings is 2. The van der Waals surface area contributed by atoms with Crippen LogP contribution in [-0.2, 0) is 0 Å². The van der Waals surface area contributed by atoms with Crippen LogP contribution in [0.2, 0.25) is 13.3 Å². The Balaban J connectivity index is 1.76. The summed E-state index contributed by atoms with van der Waals surface area (Å²) in [7, 11) is 0. The van der Waals surface area contributed by atoms with Crippen molar-refractivity contribution in [3.8, 4) is 11.5 Å². The molecule has 1 aliphatic heterocycles.